The fourth-order valence-electron chi connectivity index (χ4n) is 2.79. The van der Waals surface area contributed by atoms with Crippen molar-refractivity contribution >= 4 is 35.1 Å². The number of hydrogen-bond acceptors (Lipinski definition) is 3. The summed E-state index contributed by atoms with van der Waals surface area (Å²) < 4.78 is 14.1. The van der Waals surface area contributed by atoms with E-state index in [4.69, 9.17) is 11.6 Å². The zero-order chi connectivity index (χ0) is 20.1. The molecule has 0 saturated heterocycles. The van der Waals surface area contributed by atoms with Gasteiger partial charge in [-0.3, -0.25) is 4.79 Å². The number of Topliss-reactive ketones (excluding diaryl/α,β-unsaturated/α-hetero) is 1. The molecule has 27 heavy (non-hydrogen) atoms. The van der Waals surface area contributed by atoms with Crippen molar-refractivity contribution in [3.8, 4) is 0 Å². The molecule has 0 aliphatic heterocycles. The number of anilines is 1. The molecule has 0 aliphatic carbocycles. The number of ketones is 1. The zero-order valence-corrected chi connectivity index (χ0v) is 17.1. The van der Waals surface area contributed by atoms with E-state index in [1.807, 2.05) is 38.8 Å². The van der Waals surface area contributed by atoms with Crippen LogP contribution in [0, 0.1) is 19.7 Å². The lowest BCUT2D eigenvalue weighted by atomic mass is 10.0. The van der Waals surface area contributed by atoms with Crippen LogP contribution in [0.4, 0.5) is 15.8 Å². The van der Waals surface area contributed by atoms with E-state index in [1.54, 1.807) is 36.5 Å². The van der Waals surface area contributed by atoms with E-state index in [0.29, 0.717) is 22.0 Å². The highest BCUT2D eigenvalue weighted by molar-refractivity contribution is 6.33. The van der Waals surface area contributed by atoms with Crippen LogP contribution >= 0.6 is 11.6 Å². The van der Waals surface area contributed by atoms with Crippen molar-refractivity contribution in [1.82, 2.24) is 4.90 Å². The normalized spacial score (nSPS) is 11.1. The molecule has 0 unspecified atom stereocenters. The van der Waals surface area contributed by atoms with Crippen LogP contribution in [0.15, 0.2) is 35.3 Å². The highest BCUT2D eigenvalue weighted by atomic mass is 35.5. The van der Waals surface area contributed by atoms with Crippen LogP contribution in [0.5, 0.6) is 0 Å². The van der Waals surface area contributed by atoms with Crippen molar-refractivity contribution in [2.75, 3.05) is 32.1 Å². The second-order valence-corrected chi connectivity index (χ2v) is 7.03. The summed E-state index contributed by atoms with van der Waals surface area (Å²) in [7, 11) is 3.63. The van der Waals surface area contributed by atoms with Gasteiger partial charge in [0.2, 0.25) is 0 Å². The van der Waals surface area contributed by atoms with Crippen LogP contribution in [0.2, 0.25) is 5.02 Å². The first kappa shape index (κ1) is 20.9. The lowest BCUT2D eigenvalue weighted by Crippen LogP contribution is -2.27. The Morgan fingerprint density at radius 2 is 1.93 bits per heavy atom. The van der Waals surface area contributed by atoms with Gasteiger partial charge in [0.05, 0.1) is 29.3 Å². The Balaban J connectivity index is 2.24. The number of carbonyl (C=O) groups is 1. The Bertz CT molecular complexity index is 846. The van der Waals surface area contributed by atoms with E-state index in [2.05, 4.69) is 4.99 Å². The number of likely N-dealkylation sites (N-methyl/N-ethyl adjacent to an activating group) is 1. The maximum atomic E-state index is 14.1. The van der Waals surface area contributed by atoms with Crippen molar-refractivity contribution in [2.45, 2.75) is 20.8 Å². The van der Waals surface area contributed by atoms with Gasteiger partial charge in [0, 0.05) is 26.2 Å². The molecule has 2 aromatic rings. The van der Waals surface area contributed by atoms with E-state index < -0.39 is 0 Å². The lowest BCUT2D eigenvalue weighted by Gasteiger charge is -2.21. The Kier molecular flexibility index (Phi) is 6.97. The minimum absolute atomic E-state index is 0.0557. The average molecular weight is 390 g/mol. The molecule has 0 atom stereocenters. The minimum Gasteiger partial charge on any atom is -0.366 e. The molecule has 0 amide bonds. The predicted molar refractivity (Wildman–Crippen MR) is 111 cm³/mol. The second kappa shape index (κ2) is 9.00. The van der Waals surface area contributed by atoms with Crippen molar-refractivity contribution in [2.24, 2.45) is 4.99 Å². The number of rotatable bonds is 7. The average Bonchev–Trinajstić information content (AvgIpc) is 2.61. The SMILES string of the molecule is CCN(C)/C=N\c1cc(C)c(C(=O)CN(C)c2c(C)cccc2F)cc1Cl. The Labute approximate surface area is 165 Å². The fraction of sp³-hybridized carbons (Fsp3) is 0.333. The van der Waals surface area contributed by atoms with Crippen LogP contribution in [-0.4, -0.2) is 44.2 Å². The number of aryl methyl sites for hydroxylation is 2. The predicted octanol–water partition coefficient (Wildman–Crippen LogP) is 5.03. The van der Waals surface area contributed by atoms with Gasteiger partial charge in [0.1, 0.15) is 5.82 Å². The molecule has 0 N–H and O–H groups in total. The molecule has 0 aliphatic rings. The molecule has 0 fully saturated rings. The van der Waals surface area contributed by atoms with Crippen molar-refractivity contribution < 1.29 is 9.18 Å². The molecule has 0 heterocycles. The van der Waals surface area contributed by atoms with Crippen molar-refractivity contribution in [3.63, 3.8) is 0 Å². The monoisotopic (exact) mass is 389 g/mol. The Morgan fingerprint density at radius 3 is 2.56 bits per heavy atom. The number of carbonyl (C=O) groups excluding carboxylic acids is 1. The number of benzene rings is 2. The third-order valence-electron chi connectivity index (χ3n) is 4.44. The van der Waals surface area contributed by atoms with Gasteiger partial charge in [-0.2, -0.15) is 0 Å². The Hall–Kier alpha value is -2.40. The van der Waals surface area contributed by atoms with Gasteiger partial charge in [-0.25, -0.2) is 9.38 Å². The van der Waals surface area contributed by atoms with Gasteiger partial charge >= 0.3 is 0 Å². The first-order chi connectivity index (χ1) is 12.7. The summed E-state index contributed by atoms with van der Waals surface area (Å²) in [5, 5.41) is 0.412. The quantitative estimate of drug-likeness (QED) is 0.378. The van der Waals surface area contributed by atoms with Crippen LogP contribution in [-0.2, 0) is 0 Å². The van der Waals surface area contributed by atoms with Crippen LogP contribution in [0.1, 0.15) is 28.4 Å². The van der Waals surface area contributed by atoms with Crippen LogP contribution in [0.25, 0.3) is 0 Å². The Morgan fingerprint density at radius 1 is 1.22 bits per heavy atom. The number of nitrogens with zero attached hydrogens (tertiary/aromatic N) is 3. The summed E-state index contributed by atoms with van der Waals surface area (Å²) in [5.41, 5.74) is 3.13. The highest BCUT2D eigenvalue weighted by Gasteiger charge is 2.17. The first-order valence-electron chi connectivity index (χ1n) is 8.78. The molecule has 0 bridgehead atoms. The van der Waals surface area contributed by atoms with Gasteiger partial charge in [0.25, 0.3) is 0 Å². The second-order valence-electron chi connectivity index (χ2n) is 6.62. The molecule has 4 nitrogen and oxygen atoms in total. The zero-order valence-electron chi connectivity index (χ0n) is 16.4. The molecule has 6 heteroatoms. The largest absolute Gasteiger partial charge is 0.366 e. The smallest absolute Gasteiger partial charge is 0.182 e. The van der Waals surface area contributed by atoms with Gasteiger partial charge in [-0.05, 0) is 50.1 Å². The van der Waals surface area contributed by atoms with E-state index >= 15 is 0 Å². The summed E-state index contributed by atoms with van der Waals surface area (Å²) in [5.74, 6) is -0.467. The van der Waals surface area contributed by atoms with Gasteiger partial charge in [0.15, 0.2) is 5.78 Å². The maximum Gasteiger partial charge on any atom is 0.182 e. The fourth-order valence-corrected chi connectivity index (χ4v) is 3.01. The highest BCUT2D eigenvalue weighted by Crippen LogP contribution is 2.29. The third-order valence-corrected chi connectivity index (χ3v) is 4.74. The molecule has 2 rings (SSSR count). The van der Waals surface area contributed by atoms with Crippen molar-refractivity contribution in [3.05, 3.63) is 57.9 Å². The summed E-state index contributed by atoms with van der Waals surface area (Å²) in [6.07, 6.45) is 1.71. The molecular formula is C21H25ClFN3O. The van der Waals surface area contributed by atoms with Crippen molar-refractivity contribution in [1.29, 1.82) is 0 Å². The summed E-state index contributed by atoms with van der Waals surface area (Å²) in [4.78, 5) is 20.7. The standard InChI is InChI=1S/C21H25ClFN3O/c1-6-25(4)13-24-19-10-15(3)16(11-17(19)22)20(27)12-26(5)21-14(2)8-7-9-18(21)23/h7-11,13H,6,12H2,1-5H3/b24-13-. The van der Waals surface area contributed by atoms with E-state index in [9.17, 15) is 9.18 Å². The molecule has 144 valence electrons. The first-order valence-corrected chi connectivity index (χ1v) is 9.16. The van der Waals surface area contributed by atoms with Gasteiger partial charge in [-0.15, -0.1) is 0 Å². The van der Waals surface area contributed by atoms with Gasteiger partial charge in [-0.1, -0.05) is 23.7 Å². The maximum absolute atomic E-state index is 14.1. The molecule has 0 radical (unpaired) electrons. The molecule has 2 aromatic carbocycles. The van der Waals surface area contributed by atoms with E-state index in [0.717, 1.165) is 17.7 Å². The number of hydrogen-bond donors (Lipinski definition) is 0. The summed E-state index contributed by atoms with van der Waals surface area (Å²) >= 11 is 6.32. The van der Waals surface area contributed by atoms with E-state index in [-0.39, 0.29) is 18.1 Å². The number of halogens is 2. The van der Waals surface area contributed by atoms with E-state index in [1.165, 1.54) is 6.07 Å². The topological polar surface area (TPSA) is 35.9 Å². The van der Waals surface area contributed by atoms with Crippen LogP contribution < -0.4 is 4.90 Å². The van der Waals surface area contributed by atoms with Crippen LogP contribution in [0.3, 0.4) is 0 Å². The van der Waals surface area contributed by atoms with Gasteiger partial charge < -0.3 is 9.80 Å². The molecule has 0 saturated carbocycles. The number of aliphatic imine (C=N–C) groups is 1. The summed E-state index contributed by atoms with van der Waals surface area (Å²) in [6, 6.07) is 8.31. The molecule has 0 spiro atoms. The molecule has 0 aromatic heterocycles. The lowest BCUT2D eigenvalue weighted by molar-refractivity contribution is 0.0999. The minimum atomic E-state index is -0.343. The summed E-state index contributed by atoms with van der Waals surface area (Å²) in [6.45, 7) is 6.58. The third kappa shape index (κ3) is 5.07. The molecular weight excluding hydrogens is 365 g/mol. The number of para-hydroxylation sites is 1.